The van der Waals surface area contributed by atoms with E-state index in [0.29, 0.717) is 24.2 Å². The first kappa shape index (κ1) is 20.5. The summed E-state index contributed by atoms with van der Waals surface area (Å²) < 4.78 is 0. The fourth-order valence-corrected chi connectivity index (χ4v) is 4.53. The van der Waals surface area contributed by atoms with Gasteiger partial charge in [-0.1, -0.05) is 56.0 Å². The SMILES string of the molecule is O=C(NC1CCCCCC1)c1ccccc1C(=O)N1CCN(c2ccccc2)CC1. The summed E-state index contributed by atoms with van der Waals surface area (Å²) in [5, 5.41) is 3.18. The molecule has 5 heteroatoms. The molecular weight excluding hydrogens is 374 g/mol. The second-order valence-corrected chi connectivity index (χ2v) is 8.32. The minimum absolute atomic E-state index is 0.0469. The van der Waals surface area contributed by atoms with Gasteiger partial charge in [0.05, 0.1) is 11.1 Å². The molecule has 1 heterocycles. The Morgan fingerprint density at radius 2 is 1.33 bits per heavy atom. The zero-order chi connectivity index (χ0) is 20.8. The maximum absolute atomic E-state index is 13.2. The quantitative estimate of drug-likeness (QED) is 0.779. The predicted molar refractivity (Wildman–Crippen MR) is 120 cm³/mol. The number of carbonyl (C=O) groups is 2. The molecule has 2 aliphatic rings. The molecule has 1 aliphatic carbocycles. The van der Waals surface area contributed by atoms with Gasteiger partial charge in [-0.15, -0.1) is 0 Å². The molecule has 5 nitrogen and oxygen atoms in total. The van der Waals surface area contributed by atoms with Crippen LogP contribution in [0.5, 0.6) is 0 Å². The van der Waals surface area contributed by atoms with Crippen LogP contribution in [-0.4, -0.2) is 48.9 Å². The number of amides is 2. The highest BCUT2D eigenvalue weighted by molar-refractivity contribution is 6.07. The highest BCUT2D eigenvalue weighted by atomic mass is 16.2. The fraction of sp³-hybridized carbons (Fsp3) is 0.440. The minimum Gasteiger partial charge on any atom is -0.368 e. The summed E-state index contributed by atoms with van der Waals surface area (Å²) in [6, 6.07) is 17.8. The number of anilines is 1. The van der Waals surface area contributed by atoms with Gasteiger partial charge in [0.25, 0.3) is 11.8 Å². The van der Waals surface area contributed by atoms with Crippen molar-refractivity contribution in [3.63, 3.8) is 0 Å². The van der Waals surface area contributed by atoms with Gasteiger partial charge in [-0.25, -0.2) is 0 Å². The van der Waals surface area contributed by atoms with Crippen LogP contribution >= 0.6 is 0 Å². The molecule has 2 aromatic rings. The lowest BCUT2D eigenvalue weighted by Crippen LogP contribution is -2.49. The normalized spacial score (nSPS) is 18.0. The van der Waals surface area contributed by atoms with Crippen molar-refractivity contribution in [1.29, 1.82) is 0 Å². The van der Waals surface area contributed by atoms with E-state index in [2.05, 4.69) is 22.3 Å². The summed E-state index contributed by atoms with van der Waals surface area (Å²) in [4.78, 5) is 30.4. The number of rotatable bonds is 4. The molecular formula is C25H31N3O2. The monoisotopic (exact) mass is 405 g/mol. The summed E-state index contributed by atoms with van der Waals surface area (Å²) in [5.41, 5.74) is 2.20. The van der Waals surface area contributed by atoms with Crippen LogP contribution in [0.15, 0.2) is 54.6 Å². The van der Waals surface area contributed by atoms with E-state index in [1.165, 1.54) is 18.5 Å². The molecule has 0 aromatic heterocycles. The molecule has 1 saturated heterocycles. The van der Waals surface area contributed by atoms with Gasteiger partial charge in [0.2, 0.25) is 0 Å². The zero-order valence-corrected chi connectivity index (χ0v) is 17.6. The summed E-state index contributed by atoms with van der Waals surface area (Å²) in [6.45, 7) is 2.91. The van der Waals surface area contributed by atoms with Crippen molar-refractivity contribution >= 4 is 17.5 Å². The summed E-state index contributed by atoms with van der Waals surface area (Å²) in [7, 11) is 0. The standard InChI is InChI=1S/C25H31N3O2/c29-24(26-20-10-4-1-2-5-11-20)22-14-8-9-15-23(22)25(30)28-18-16-27(17-19-28)21-12-6-3-7-13-21/h3,6-9,12-15,20H,1-2,4-5,10-11,16-19H2,(H,26,29). The Balaban J connectivity index is 1.41. The van der Waals surface area contributed by atoms with E-state index in [0.717, 1.165) is 38.8 Å². The predicted octanol–water partition coefficient (Wildman–Crippen LogP) is 4.10. The van der Waals surface area contributed by atoms with E-state index in [1.54, 1.807) is 12.1 Å². The Morgan fingerprint density at radius 1 is 0.733 bits per heavy atom. The number of piperazine rings is 1. The first-order valence-electron chi connectivity index (χ1n) is 11.2. The largest absolute Gasteiger partial charge is 0.368 e. The number of nitrogens with zero attached hydrogens (tertiary/aromatic N) is 2. The lowest BCUT2D eigenvalue weighted by Gasteiger charge is -2.36. The van der Waals surface area contributed by atoms with E-state index >= 15 is 0 Å². The van der Waals surface area contributed by atoms with Gasteiger partial charge in [-0.2, -0.15) is 0 Å². The van der Waals surface area contributed by atoms with Gasteiger partial charge >= 0.3 is 0 Å². The molecule has 0 unspecified atom stereocenters. The third-order valence-electron chi connectivity index (χ3n) is 6.28. The maximum Gasteiger partial charge on any atom is 0.254 e. The average Bonchev–Trinajstić information content (AvgIpc) is 3.08. The lowest BCUT2D eigenvalue weighted by atomic mass is 10.0. The smallest absolute Gasteiger partial charge is 0.254 e. The average molecular weight is 406 g/mol. The molecule has 0 radical (unpaired) electrons. The van der Waals surface area contributed by atoms with E-state index < -0.39 is 0 Å². The first-order valence-corrected chi connectivity index (χ1v) is 11.2. The summed E-state index contributed by atoms with van der Waals surface area (Å²) in [6.07, 6.45) is 6.88. The molecule has 4 rings (SSSR count). The van der Waals surface area contributed by atoms with Crippen LogP contribution < -0.4 is 10.2 Å². The van der Waals surface area contributed by atoms with Crippen molar-refractivity contribution in [3.05, 3.63) is 65.7 Å². The Bertz CT molecular complexity index is 852. The number of hydrogen-bond acceptors (Lipinski definition) is 3. The number of benzene rings is 2. The Morgan fingerprint density at radius 3 is 2.00 bits per heavy atom. The fourth-order valence-electron chi connectivity index (χ4n) is 4.53. The van der Waals surface area contributed by atoms with E-state index in [9.17, 15) is 9.59 Å². The van der Waals surface area contributed by atoms with Crippen molar-refractivity contribution in [2.75, 3.05) is 31.1 Å². The molecule has 0 atom stereocenters. The molecule has 1 saturated carbocycles. The molecule has 0 spiro atoms. The molecule has 2 aromatic carbocycles. The Labute approximate surface area is 179 Å². The molecule has 0 bridgehead atoms. The molecule has 1 N–H and O–H groups in total. The van der Waals surface area contributed by atoms with Gasteiger partial charge in [0.1, 0.15) is 0 Å². The topological polar surface area (TPSA) is 52.7 Å². The van der Waals surface area contributed by atoms with Crippen LogP contribution in [0.1, 0.15) is 59.2 Å². The highest BCUT2D eigenvalue weighted by Gasteiger charge is 2.26. The van der Waals surface area contributed by atoms with Crippen LogP contribution in [0.2, 0.25) is 0 Å². The summed E-state index contributed by atoms with van der Waals surface area (Å²) >= 11 is 0. The highest BCUT2D eigenvalue weighted by Crippen LogP contribution is 2.20. The van der Waals surface area contributed by atoms with Gasteiger partial charge in [-0.05, 0) is 37.1 Å². The van der Waals surface area contributed by atoms with Gasteiger partial charge in [0.15, 0.2) is 0 Å². The van der Waals surface area contributed by atoms with Crippen LogP contribution in [0.3, 0.4) is 0 Å². The van der Waals surface area contributed by atoms with Crippen molar-refractivity contribution in [1.82, 2.24) is 10.2 Å². The third kappa shape index (κ3) is 4.84. The molecule has 30 heavy (non-hydrogen) atoms. The number of hydrogen-bond donors (Lipinski definition) is 1. The molecule has 158 valence electrons. The Hall–Kier alpha value is -2.82. The number of carbonyl (C=O) groups excluding carboxylic acids is 2. The lowest BCUT2D eigenvalue weighted by molar-refractivity contribution is 0.0739. The first-order chi connectivity index (χ1) is 14.7. The molecule has 2 fully saturated rings. The van der Waals surface area contributed by atoms with Gasteiger partial charge in [-0.3, -0.25) is 9.59 Å². The maximum atomic E-state index is 13.2. The van der Waals surface area contributed by atoms with Crippen LogP contribution in [0.4, 0.5) is 5.69 Å². The van der Waals surface area contributed by atoms with Crippen LogP contribution in [0.25, 0.3) is 0 Å². The minimum atomic E-state index is -0.117. The zero-order valence-electron chi connectivity index (χ0n) is 17.6. The van der Waals surface area contributed by atoms with E-state index in [1.807, 2.05) is 35.2 Å². The van der Waals surface area contributed by atoms with Crippen LogP contribution in [0, 0.1) is 0 Å². The summed E-state index contributed by atoms with van der Waals surface area (Å²) in [5.74, 6) is -0.164. The number of para-hydroxylation sites is 1. The second-order valence-electron chi connectivity index (χ2n) is 8.32. The van der Waals surface area contributed by atoms with E-state index in [-0.39, 0.29) is 17.9 Å². The van der Waals surface area contributed by atoms with Crippen molar-refractivity contribution in [3.8, 4) is 0 Å². The molecule has 1 aliphatic heterocycles. The van der Waals surface area contributed by atoms with Gasteiger partial charge < -0.3 is 15.1 Å². The second kappa shape index (κ2) is 9.79. The van der Waals surface area contributed by atoms with Gasteiger partial charge in [0, 0.05) is 37.9 Å². The number of nitrogens with one attached hydrogen (secondary N) is 1. The van der Waals surface area contributed by atoms with Crippen molar-refractivity contribution in [2.24, 2.45) is 0 Å². The van der Waals surface area contributed by atoms with Crippen molar-refractivity contribution < 1.29 is 9.59 Å². The van der Waals surface area contributed by atoms with Crippen molar-refractivity contribution in [2.45, 2.75) is 44.6 Å². The Kier molecular flexibility index (Phi) is 6.67. The van der Waals surface area contributed by atoms with Crippen LogP contribution in [-0.2, 0) is 0 Å². The third-order valence-corrected chi connectivity index (χ3v) is 6.28. The van der Waals surface area contributed by atoms with E-state index in [4.69, 9.17) is 0 Å². The molecule has 2 amide bonds.